The molecule has 0 aliphatic carbocycles. The van der Waals surface area contributed by atoms with Crippen LogP contribution in [0.1, 0.15) is 64.3 Å². The van der Waals surface area contributed by atoms with E-state index < -0.39 is 59.4 Å². The maximum Gasteiger partial charge on any atom is 0.417 e. The third-order valence-corrected chi connectivity index (χ3v) is 6.98. The van der Waals surface area contributed by atoms with E-state index >= 15 is 0 Å². The first kappa shape index (κ1) is 32.5. The number of alkyl halides is 3. The Morgan fingerprint density at radius 1 is 1.15 bits per heavy atom. The van der Waals surface area contributed by atoms with Gasteiger partial charge in [-0.15, -0.1) is 0 Å². The maximum atomic E-state index is 13.6. The molecule has 2 heterocycles. The van der Waals surface area contributed by atoms with Gasteiger partial charge in [0.2, 0.25) is 5.88 Å². The van der Waals surface area contributed by atoms with Gasteiger partial charge in [-0.25, -0.2) is 14.6 Å². The summed E-state index contributed by atoms with van der Waals surface area (Å²) in [6, 6.07) is 5.63. The molecule has 2 aromatic rings. The molecule has 41 heavy (non-hydrogen) atoms. The summed E-state index contributed by atoms with van der Waals surface area (Å²) in [5.74, 6) is -1.36. The van der Waals surface area contributed by atoms with Gasteiger partial charge in [0.1, 0.15) is 6.04 Å². The minimum Gasteiger partial charge on any atom is -0.481 e. The van der Waals surface area contributed by atoms with Crippen LogP contribution in [0.2, 0.25) is 5.02 Å². The molecule has 0 unspecified atom stereocenters. The van der Waals surface area contributed by atoms with Crippen LogP contribution in [0, 0.1) is 11.3 Å². The molecule has 4 atom stereocenters. The second-order valence-corrected chi connectivity index (χ2v) is 11.5. The molecule has 1 saturated heterocycles. The van der Waals surface area contributed by atoms with Crippen LogP contribution >= 0.6 is 11.6 Å². The zero-order chi connectivity index (χ0) is 30.7. The zero-order valence-corrected chi connectivity index (χ0v) is 24.9. The average molecular weight is 601 g/mol. The molecule has 0 saturated carbocycles. The number of carbonyl (C=O) groups excluding carboxylic acids is 2. The molecular formula is C29H36ClF3N2O6. The molecule has 1 fully saturated rings. The smallest absolute Gasteiger partial charge is 0.417 e. The van der Waals surface area contributed by atoms with Crippen molar-refractivity contribution in [1.29, 1.82) is 0 Å². The molecule has 0 N–H and O–H groups in total. The SMILES string of the molecule is CCOC(=O)[C@@H]1[C@@H](C(C)(C)C)[C@H](OCc2cc(C(F)(F)F)cnc2OC)[C@H](c2cccc(Cl)c2)N1C(=O)OC(C)C. The van der Waals surface area contributed by atoms with Crippen molar-refractivity contribution in [2.75, 3.05) is 13.7 Å². The fraction of sp³-hybridized carbons (Fsp3) is 0.552. The van der Waals surface area contributed by atoms with Gasteiger partial charge in [-0.1, -0.05) is 44.5 Å². The van der Waals surface area contributed by atoms with Crippen LogP contribution in [0.25, 0.3) is 0 Å². The van der Waals surface area contributed by atoms with Crippen LogP contribution in [0.3, 0.4) is 0 Å². The minimum absolute atomic E-state index is 0.0411. The lowest BCUT2D eigenvalue weighted by atomic mass is 9.73. The molecule has 226 valence electrons. The van der Waals surface area contributed by atoms with Crippen molar-refractivity contribution in [2.45, 2.75) is 78.6 Å². The second-order valence-electron chi connectivity index (χ2n) is 11.1. The number of carbonyl (C=O) groups is 2. The number of likely N-dealkylation sites (tertiary alicyclic amines) is 1. The highest BCUT2D eigenvalue weighted by Gasteiger charge is 2.60. The number of benzene rings is 1. The molecule has 3 rings (SSSR count). The Kier molecular flexibility index (Phi) is 10.2. The number of hydrogen-bond acceptors (Lipinski definition) is 7. The highest BCUT2D eigenvalue weighted by atomic mass is 35.5. The van der Waals surface area contributed by atoms with Gasteiger partial charge in [-0.2, -0.15) is 13.2 Å². The Hall–Kier alpha value is -3.05. The van der Waals surface area contributed by atoms with Gasteiger partial charge in [0.15, 0.2) is 0 Å². The summed E-state index contributed by atoms with van der Waals surface area (Å²) >= 11 is 6.33. The Bertz CT molecular complexity index is 1230. The predicted molar refractivity (Wildman–Crippen MR) is 145 cm³/mol. The molecule has 0 bridgehead atoms. The molecular weight excluding hydrogens is 565 g/mol. The first-order valence-corrected chi connectivity index (χ1v) is 13.6. The van der Waals surface area contributed by atoms with Crippen LogP contribution in [0.15, 0.2) is 36.5 Å². The quantitative estimate of drug-likeness (QED) is 0.306. The fourth-order valence-corrected chi connectivity index (χ4v) is 5.38. The van der Waals surface area contributed by atoms with E-state index in [1.807, 2.05) is 20.8 Å². The Morgan fingerprint density at radius 2 is 1.83 bits per heavy atom. The Balaban J connectivity index is 2.20. The molecule has 1 aliphatic heterocycles. The summed E-state index contributed by atoms with van der Waals surface area (Å²) in [5, 5.41) is 0.383. The summed E-state index contributed by atoms with van der Waals surface area (Å²) in [5.41, 5.74) is -1.01. The Morgan fingerprint density at radius 3 is 2.37 bits per heavy atom. The van der Waals surface area contributed by atoms with Crippen LogP contribution in [0.4, 0.5) is 18.0 Å². The number of amides is 1. The lowest BCUT2D eigenvalue weighted by Crippen LogP contribution is -2.48. The second kappa shape index (κ2) is 12.9. The number of rotatable bonds is 8. The monoisotopic (exact) mass is 600 g/mol. The van der Waals surface area contributed by atoms with Gasteiger partial charge in [0, 0.05) is 22.7 Å². The standard InChI is InChI=1S/C29H36ClF3N2O6/c1-8-39-26(36)23-21(28(4,5)6)24(40-15-18-12-19(29(31,32)33)14-34-25(18)38-7)22(17-10-9-11-20(30)13-17)35(23)27(37)41-16(2)3/h9-14,16,21-24H,8,15H2,1-7H3/t21-,22+,23+,24+/m1/s1. The average Bonchev–Trinajstić information content (AvgIpc) is 3.22. The van der Waals surface area contributed by atoms with Crippen LogP contribution < -0.4 is 4.74 Å². The third-order valence-electron chi connectivity index (χ3n) is 6.75. The van der Waals surface area contributed by atoms with Gasteiger partial charge in [0.05, 0.1) is 44.1 Å². The first-order valence-electron chi connectivity index (χ1n) is 13.2. The molecule has 1 aromatic carbocycles. The summed E-state index contributed by atoms with van der Waals surface area (Å²) in [7, 11) is 1.29. The van der Waals surface area contributed by atoms with Crippen molar-refractivity contribution in [2.24, 2.45) is 11.3 Å². The van der Waals surface area contributed by atoms with Crippen molar-refractivity contribution in [3.8, 4) is 5.88 Å². The van der Waals surface area contributed by atoms with Gasteiger partial charge in [-0.3, -0.25) is 4.90 Å². The molecule has 12 heteroatoms. The van der Waals surface area contributed by atoms with Crippen LogP contribution in [-0.4, -0.2) is 53.9 Å². The number of pyridine rings is 1. The van der Waals surface area contributed by atoms with E-state index in [1.54, 1.807) is 45.0 Å². The van der Waals surface area contributed by atoms with E-state index in [9.17, 15) is 22.8 Å². The summed E-state index contributed by atoms with van der Waals surface area (Å²) < 4.78 is 63.1. The molecule has 0 radical (unpaired) electrons. The van der Waals surface area contributed by atoms with E-state index in [4.69, 9.17) is 30.5 Å². The predicted octanol–water partition coefficient (Wildman–Crippen LogP) is 6.84. The van der Waals surface area contributed by atoms with Gasteiger partial charge in [-0.05, 0) is 49.9 Å². The summed E-state index contributed by atoms with van der Waals surface area (Å²) in [4.78, 5) is 32.3. The van der Waals surface area contributed by atoms with Crippen molar-refractivity contribution >= 4 is 23.7 Å². The Labute approximate surface area is 243 Å². The number of aromatic nitrogens is 1. The van der Waals surface area contributed by atoms with E-state index in [-0.39, 0.29) is 24.7 Å². The lowest BCUT2D eigenvalue weighted by molar-refractivity contribution is -0.152. The number of hydrogen-bond donors (Lipinski definition) is 0. The van der Waals surface area contributed by atoms with Crippen molar-refractivity contribution < 1.29 is 41.7 Å². The topological polar surface area (TPSA) is 87.2 Å². The normalized spacial score (nSPS) is 21.2. The van der Waals surface area contributed by atoms with Crippen molar-refractivity contribution in [3.63, 3.8) is 0 Å². The van der Waals surface area contributed by atoms with Gasteiger partial charge in [0.25, 0.3) is 0 Å². The van der Waals surface area contributed by atoms with E-state index in [0.717, 1.165) is 6.07 Å². The fourth-order valence-electron chi connectivity index (χ4n) is 5.19. The highest BCUT2D eigenvalue weighted by Crippen LogP contribution is 2.50. The first-order chi connectivity index (χ1) is 19.1. The number of nitrogens with zero attached hydrogens (tertiary/aromatic N) is 2. The molecule has 1 aliphatic rings. The molecule has 1 amide bonds. The third kappa shape index (κ3) is 7.43. The summed E-state index contributed by atoms with van der Waals surface area (Å²) in [6.07, 6.45) is -6.11. The minimum atomic E-state index is -4.63. The molecule has 0 spiro atoms. The van der Waals surface area contributed by atoms with Gasteiger partial charge < -0.3 is 18.9 Å². The number of ether oxygens (including phenoxy) is 4. The van der Waals surface area contributed by atoms with Gasteiger partial charge >= 0.3 is 18.2 Å². The maximum absolute atomic E-state index is 13.6. The number of methoxy groups -OCH3 is 1. The number of halogens is 4. The van der Waals surface area contributed by atoms with Crippen LogP contribution in [-0.2, 0) is 31.8 Å². The zero-order valence-electron chi connectivity index (χ0n) is 24.1. The lowest BCUT2D eigenvalue weighted by Gasteiger charge is -2.35. The van der Waals surface area contributed by atoms with E-state index in [2.05, 4.69) is 4.98 Å². The van der Waals surface area contributed by atoms with E-state index in [1.165, 1.54) is 12.0 Å². The van der Waals surface area contributed by atoms with Crippen LogP contribution in [0.5, 0.6) is 5.88 Å². The van der Waals surface area contributed by atoms with E-state index in [0.29, 0.717) is 16.8 Å². The largest absolute Gasteiger partial charge is 0.481 e. The molecule has 1 aromatic heterocycles. The number of esters is 1. The summed E-state index contributed by atoms with van der Waals surface area (Å²) in [6.45, 7) is 10.4. The molecule has 8 nitrogen and oxygen atoms in total. The highest BCUT2D eigenvalue weighted by molar-refractivity contribution is 6.30. The van der Waals surface area contributed by atoms with Crippen molar-refractivity contribution in [1.82, 2.24) is 9.88 Å². The van der Waals surface area contributed by atoms with Crippen molar-refractivity contribution in [3.05, 3.63) is 58.2 Å².